The van der Waals surface area contributed by atoms with Crippen molar-refractivity contribution in [2.75, 3.05) is 32.6 Å². The monoisotopic (exact) mass is 265 g/mol. The fraction of sp³-hybridized carbons (Fsp3) is 0.900. The number of carboxylic acids is 1. The molecule has 0 bridgehead atoms. The molecule has 1 aliphatic heterocycles. The third-order valence-electron chi connectivity index (χ3n) is 3.12. The van der Waals surface area contributed by atoms with E-state index in [1.165, 1.54) is 11.4 Å². The topological polar surface area (TPSA) is 83.9 Å². The molecule has 17 heavy (non-hydrogen) atoms. The Bertz CT molecular complexity index is 380. The van der Waals surface area contributed by atoms with Crippen molar-refractivity contribution in [3.8, 4) is 0 Å². The maximum Gasteiger partial charge on any atom is 0.310 e. The highest BCUT2D eigenvalue weighted by molar-refractivity contribution is 7.89. The molecule has 0 amide bonds. The first-order chi connectivity index (χ1) is 7.82. The van der Waals surface area contributed by atoms with Crippen LogP contribution < -0.4 is 0 Å². The number of nitrogens with zero attached hydrogens (tertiary/aromatic N) is 1. The summed E-state index contributed by atoms with van der Waals surface area (Å²) >= 11 is 0. The lowest BCUT2D eigenvalue weighted by atomic mass is 9.83. The van der Waals surface area contributed by atoms with Gasteiger partial charge in [-0.05, 0) is 19.8 Å². The largest absolute Gasteiger partial charge is 0.481 e. The Kier molecular flexibility index (Phi) is 4.51. The number of hydrogen-bond donors (Lipinski definition) is 1. The minimum absolute atomic E-state index is 0.0500. The Morgan fingerprint density at radius 1 is 1.53 bits per heavy atom. The van der Waals surface area contributed by atoms with E-state index in [4.69, 9.17) is 9.84 Å². The Hall–Kier alpha value is -0.660. The molecule has 1 rings (SSSR count). The van der Waals surface area contributed by atoms with E-state index in [0.29, 0.717) is 19.4 Å². The molecular weight excluding hydrogens is 246 g/mol. The zero-order valence-corrected chi connectivity index (χ0v) is 11.0. The Balaban J connectivity index is 2.76. The van der Waals surface area contributed by atoms with Crippen LogP contribution in [0, 0.1) is 5.41 Å². The van der Waals surface area contributed by atoms with E-state index in [1.807, 2.05) is 0 Å². The SMILES string of the molecule is COCCS(=O)(=O)N1CCCC(C)(C(=O)O)C1. The number of sulfonamides is 1. The maximum atomic E-state index is 11.9. The van der Waals surface area contributed by atoms with Gasteiger partial charge in [-0.3, -0.25) is 4.79 Å². The average Bonchev–Trinajstić information content (AvgIpc) is 2.26. The van der Waals surface area contributed by atoms with Crippen LogP contribution in [0.3, 0.4) is 0 Å². The maximum absolute atomic E-state index is 11.9. The number of aliphatic carboxylic acids is 1. The molecule has 1 heterocycles. The molecule has 0 aromatic rings. The molecule has 0 aromatic carbocycles. The van der Waals surface area contributed by atoms with E-state index in [0.717, 1.165) is 0 Å². The number of carbonyl (C=O) groups is 1. The van der Waals surface area contributed by atoms with Gasteiger partial charge < -0.3 is 9.84 Å². The second-order valence-electron chi connectivity index (χ2n) is 4.61. The summed E-state index contributed by atoms with van der Waals surface area (Å²) in [6, 6.07) is 0. The predicted octanol–water partition coefficient (Wildman–Crippen LogP) is 0.149. The first-order valence-electron chi connectivity index (χ1n) is 5.52. The van der Waals surface area contributed by atoms with Crippen LogP contribution in [0.1, 0.15) is 19.8 Å². The van der Waals surface area contributed by atoms with Crippen molar-refractivity contribution in [3.63, 3.8) is 0 Å². The zero-order chi connectivity index (χ0) is 13.1. The second-order valence-corrected chi connectivity index (χ2v) is 6.70. The number of hydrogen-bond acceptors (Lipinski definition) is 4. The van der Waals surface area contributed by atoms with E-state index >= 15 is 0 Å². The average molecular weight is 265 g/mol. The molecule has 1 atom stereocenters. The third kappa shape index (κ3) is 3.40. The Morgan fingerprint density at radius 3 is 2.71 bits per heavy atom. The van der Waals surface area contributed by atoms with Crippen molar-refractivity contribution in [1.29, 1.82) is 0 Å². The molecule has 100 valence electrons. The molecule has 0 spiro atoms. The number of methoxy groups -OCH3 is 1. The standard InChI is InChI=1S/C10H19NO5S/c1-10(9(12)13)4-3-5-11(8-10)17(14,15)7-6-16-2/h3-8H2,1-2H3,(H,12,13). The summed E-state index contributed by atoms with van der Waals surface area (Å²) < 4.78 is 29.8. The van der Waals surface area contributed by atoms with Crippen LogP contribution in [0.15, 0.2) is 0 Å². The number of rotatable bonds is 5. The lowest BCUT2D eigenvalue weighted by Crippen LogP contribution is -2.49. The molecule has 1 aliphatic rings. The molecule has 0 aromatic heterocycles. The van der Waals surface area contributed by atoms with E-state index < -0.39 is 21.4 Å². The molecule has 7 heteroatoms. The fourth-order valence-corrected chi connectivity index (χ4v) is 3.45. The normalized spacial score (nSPS) is 26.9. The molecule has 0 aliphatic carbocycles. The minimum Gasteiger partial charge on any atom is -0.481 e. The van der Waals surface area contributed by atoms with Crippen LogP contribution in [0.4, 0.5) is 0 Å². The zero-order valence-electron chi connectivity index (χ0n) is 10.2. The van der Waals surface area contributed by atoms with Crippen LogP contribution in [0.25, 0.3) is 0 Å². The van der Waals surface area contributed by atoms with Crippen molar-refractivity contribution in [1.82, 2.24) is 4.31 Å². The summed E-state index contributed by atoms with van der Waals surface area (Å²) in [7, 11) is -1.97. The van der Waals surface area contributed by atoms with E-state index in [1.54, 1.807) is 6.92 Å². The van der Waals surface area contributed by atoms with E-state index in [9.17, 15) is 13.2 Å². The lowest BCUT2D eigenvalue weighted by molar-refractivity contribution is -0.150. The smallest absolute Gasteiger partial charge is 0.310 e. The fourth-order valence-electron chi connectivity index (χ4n) is 1.92. The number of piperidine rings is 1. The summed E-state index contributed by atoms with van der Waals surface area (Å²) in [5.74, 6) is -1.04. The highest BCUT2D eigenvalue weighted by Gasteiger charge is 2.41. The van der Waals surface area contributed by atoms with Crippen LogP contribution >= 0.6 is 0 Å². The molecule has 1 unspecified atom stereocenters. The van der Waals surface area contributed by atoms with Crippen LogP contribution in [-0.2, 0) is 19.6 Å². The van der Waals surface area contributed by atoms with Gasteiger partial charge in [-0.15, -0.1) is 0 Å². The van der Waals surface area contributed by atoms with Crippen LogP contribution in [0.2, 0.25) is 0 Å². The summed E-state index contributed by atoms with van der Waals surface area (Å²) in [5, 5.41) is 9.11. The first kappa shape index (κ1) is 14.4. The predicted molar refractivity (Wildman–Crippen MR) is 62.2 cm³/mol. The lowest BCUT2D eigenvalue weighted by Gasteiger charge is -2.36. The molecule has 6 nitrogen and oxygen atoms in total. The number of ether oxygens (including phenoxy) is 1. The van der Waals surface area contributed by atoms with Crippen molar-refractivity contribution in [3.05, 3.63) is 0 Å². The molecule has 0 saturated carbocycles. The Labute approximate surface area is 102 Å². The molecule has 1 fully saturated rings. The summed E-state index contributed by atoms with van der Waals surface area (Å²) in [5.41, 5.74) is -0.974. The Morgan fingerprint density at radius 2 is 2.18 bits per heavy atom. The van der Waals surface area contributed by atoms with Gasteiger partial charge in [-0.1, -0.05) is 0 Å². The van der Waals surface area contributed by atoms with Crippen molar-refractivity contribution >= 4 is 16.0 Å². The molecule has 1 saturated heterocycles. The van der Waals surface area contributed by atoms with E-state index in [-0.39, 0.29) is 18.9 Å². The van der Waals surface area contributed by atoms with Gasteiger partial charge in [0.15, 0.2) is 0 Å². The van der Waals surface area contributed by atoms with Gasteiger partial charge in [0, 0.05) is 20.2 Å². The van der Waals surface area contributed by atoms with Gasteiger partial charge >= 0.3 is 5.97 Å². The summed E-state index contributed by atoms with van der Waals surface area (Å²) in [6.45, 7) is 2.17. The summed E-state index contributed by atoms with van der Waals surface area (Å²) in [4.78, 5) is 11.1. The van der Waals surface area contributed by atoms with Gasteiger partial charge in [-0.2, -0.15) is 0 Å². The van der Waals surface area contributed by atoms with Crippen molar-refractivity contribution in [2.45, 2.75) is 19.8 Å². The highest BCUT2D eigenvalue weighted by atomic mass is 32.2. The first-order valence-corrected chi connectivity index (χ1v) is 7.13. The van der Waals surface area contributed by atoms with Gasteiger partial charge in [0.1, 0.15) is 0 Å². The molecule has 0 radical (unpaired) electrons. The van der Waals surface area contributed by atoms with Crippen molar-refractivity contribution < 1.29 is 23.1 Å². The minimum atomic E-state index is -3.41. The van der Waals surface area contributed by atoms with Gasteiger partial charge in [0.25, 0.3) is 0 Å². The second kappa shape index (κ2) is 5.32. The van der Waals surface area contributed by atoms with Gasteiger partial charge in [-0.25, -0.2) is 12.7 Å². The van der Waals surface area contributed by atoms with Crippen LogP contribution in [-0.4, -0.2) is 56.4 Å². The van der Waals surface area contributed by atoms with Gasteiger partial charge in [0.2, 0.25) is 10.0 Å². The highest BCUT2D eigenvalue weighted by Crippen LogP contribution is 2.31. The third-order valence-corrected chi connectivity index (χ3v) is 4.90. The molecule has 1 N–H and O–H groups in total. The van der Waals surface area contributed by atoms with E-state index in [2.05, 4.69) is 0 Å². The van der Waals surface area contributed by atoms with Crippen LogP contribution in [0.5, 0.6) is 0 Å². The quantitative estimate of drug-likeness (QED) is 0.765. The number of carboxylic acid groups (broad SMARTS) is 1. The summed E-state index contributed by atoms with van der Waals surface area (Å²) in [6.07, 6.45) is 1.09. The molecular formula is C10H19NO5S. The van der Waals surface area contributed by atoms with Crippen molar-refractivity contribution in [2.24, 2.45) is 5.41 Å². The van der Waals surface area contributed by atoms with Gasteiger partial charge in [0.05, 0.1) is 17.8 Å².